The summed E-state index contributed by atoms with van der Waals surface area (Å²) in [6.07, 6.45) is -4.67. The first kappa shape index (κ1) is 21.5. The molecule has 0 spiro atoms. The molecule has 7 nitrogen and oxygen atoms in total. The number of aryl methyl sites for hydroxylation is 2. The largest absolute Gasteiger partial charge is 0.433 e. The van der Waals surface area contributed by atoms with Crippen LogP contribution in [-0.2, 0) is 19.8 Å². The molecule has 0 radical (unpaired) electrons. The first-order chi connectivity index (χ1) is 15.1. The van der Waals surface area contributed by atoms with E-state index in [1.54, 1.807) is 42.1 Å². The summed E-state index contributed by atoms with van der Waals surface area (Å²) in [5, 5.41) is 8.28. The second kappa shape index (κ2) is 7.77. The van der Waals surface area contributed by atoms with E-state index in [4.69, 9.17) is 0 Å². The number of benzene rings is 1. The van der Waals surface area contributed by atoms with Gasteiger partial charge in [-0.3, -0.25) is 9.48 Å². The first-order valence-electron chi connectivity index (χ1n) is 9.84. The number of carbonyl (C=O) groups is 1. The van der Waals surface area contributed by atoms with E-state index >= 15 is 0 Å². The van der Waals surface area contributed by atoms with E-state index in [2.05, 4.69) is 15.2 Å². The van der Waals surface area contributed by atoms with Crippen molar-refractivity contribution >= 4 is 11.6 Å². The van der Waals surface area contributed by atoms with E-state index in [0.29, 0.717) is 10.1 Å². The lowest BCUT2D eigenvalue weighted by molar-refractivity contribution is -0.142. The molecule has 0 aliphatic carbocycles. The van der Waals surface area contributed by atoms with Gasteiger partial charge in [0.15, 0.2) is 17.0 Å². The topological polar surface area (TPSA) is 68.3 Å². The predicted octanol–water partition coefficient (Wildman–Crippen LogP) is 4.04. The fraction of sp³-hybridized carbons (Fsp3) is 0.273. The summed E-state index contributed by atoms with van der Waals surface area (Å²) in [6, 6.07) is 10.8. The van der Waals surface area contributed by atoms with Gasteiger partial charge in [-0.1, -0.05) is 30.3 Å². The average Bonchev–Trinajstić information content (AvgIpc) is 3.28. The van der Waals surface area contributed by atoms with Crippen molar-refractivity contribution < 1.29 is 18.0 Å². The highest BCUT2D eigenvalue weighted by Crippen LogP contribution is 2.32. The smallest absolute Gasteiger partial charge is 0.336 e. The van der Waals surface area contributed by atoms with Gasteiger partial charge in [0.05, 0.1) is 11.4 Å². The van der Waals surface area contributed by atoms with Crippen LogP contribution in [0.3, 0.4) is 0 Å². The highest BCUT2D eigenvalue weighted by Gasteiger charge is 2.36. The van der Waals surface area contributed by atoms with Crippen molar-refractivity contribution in [3.05, 3.63) is 70.8 Å². The molecule has 0 bridgehead atoms. The molecule has 4 aromatic rings. The standard InChI is InChI=1S/C22H21F3N6O/c1-13-16(14(2)30(4)27-13)12-29(3)21(32)18-11-20-26-17(15-8-6-5-7-9-15)10-19(22(23,24)25)31(20)28-18/h5-11H,12H2,1-4H3. The number of aromatic nitrogens is 5. The number of fused-ring (bicyclic) bond motifs is 1. The van der Waals surface area contributed by atoms with Crippen molar-refractivity contribution in [3.63, 3.8) is 0 Å². The second-order valence-electron chi connectivity index (χ2n) is 7.62. The van der Waals surface area contributed by atoms with E-state index in [1.165, 1.54) is 11.0 Å². The number of halogens is 3. The summed E-state index contributed by atoms with van der Waals surface area (Å²) >= 11 is 0. The van der Waals surface area contributed by atoms with E-state index < -0.39 is 17.8 Å². The number of nitrogens with zero attached hydrogens (tertiary/aromatic N) is 6. The van der Waals surface area contributed by atoms with E-state index in [-0.39, 0.29) is 23.6 Å². The van der Waals surface area contributed by atoms with Crippen LogP contribution >= 0.6 is 0 Å². The molecule has 0 saturated heterocycles. The summed E-state index contributed by atoms with van der Waals surface area (Å²) in [5.74, 6) is -0.507. The summed E-state index contributed by atoms with van der Waals surface area (Å²) in [5.41, 5.74) is 2.10. The van der Waals surface area contributed by atoms with Gasteiger partial charge in [-0.2, -0.15) is 23.4 Å². The summed E-state index contributed by atoms with van der Waals surface area (Å²) in [6.45, 7) is 3.99. The number of rotatable bonds is 4. The van der Waals surface area contributed by atoms with Crippen molar-refractivity contribution in [1.82, 2.24) is 29.3 Å². The van der Waals surface area contributed by atoms with Gasteiger partial charge >= 0.3 is 6.18 Å². The highest BCUT2D eigenvalue weighted by atomic mass is 19.4. The SMILES string of the molecule is Cc1nn(C)c(C)c1CN(C)C(=O)c1cc2nc(-c3ccccc3)cc(C(F)(F)F)n2n1. The van der Waals surface area contributed by atoms with Crippen molar-refractivity contribution in [2.45, 2.75) is 26.6 Å². The first-order valence-corrected chi connectivity index (χ1v) is 9.84. The van der Waals surface area contributed by atoms with Gasteiger partial charge in [0.1, 0.15) is 0 Å². The molecule has 1 aromatic carbocycles. The molecule has 1 amide bonds. The molecule has 0 unspecified atom stereocenters. The molecule has 3 heterocycles. The van der Waals surface area contributed by atoms with E-state index in [1.807, 2.05) is 20.9 Å². The molecular weight excluding hydrogens is 421 g/mol. The summed E-state index contributed by atoms with van der Waals surface area (Å²) in [7, 11) is 3.39. The Hall–Kier alpha value is -3.69. The Morgan fingerprint density at radius 1 is 1.09 bits per heavy atom. The average molecular weight is 442 g/mol. The Kier molecular flexibility index (Phi) is 5.23. The van der Waals surface area contributed by atoms with Crippen molar-refractivity contribution in [1.29, 1.82) is 0 Å². The molecule has 32 heavy (non-hydrogen) atoms. The molecule has 0 atom stereocenters. The fourth-order valence-electron chi connectivity index (χ4n) is 3.59. The van der Waals surface area contributed by atoms with Gasteiger partial charge in [0.25, 0.3) is 5.91 Å². The van der Waals surface area contributed by atoms with Crippen LogP contribution < -0.4 is 0 Å². The minimum Gasteiger partial charge on any atom is -0.336 e. The number of carbonyl (C=O) groups excluding carboxylic acids is 1. The Bertz CT molecular complexity index is 1310. The zero-order valence-corrected chi connectivity index (χ0v) is 18.0. The van der Waals surface area contributed by atoms with Crippen LogP contribution in [0.5, 0.6) is 0 Å². The third kappa shape index (κ3) is 3.83. The Morgan fingerprint density at radius 2 is 1.78 bits per heavy atom. The zero-order chi connectivity index (χ0) is 23.2. The molecule has 4 rings (SSSR count). The Morgan fingerprint density at radius 3 is 2.38 bits per heavy atom. The van der Waals surface area contributed by atoms with Crippen molar-refractivity contribution in [3.8, 4) is 11.3 Å². The third-order valence-electron chi connectivity index (χ3n) is 5.41. The highest BCUT2D eigenvalue weighted by molar-refractivity contribution is 5.93. The zero-order valence-electron chi connectivity index (χ0n) is 18.0. The summed E-state index contributed by atoms with van der Waals surface area (Å²) in [4.78, 5) is 18.7. The van der Waals surface area contributed by atoms with Crippen LogP contribution in [0, 0.1) is 13.8 Å². The summed E-state index contributed by atoms with van der Waals surface area (Å²) < 4.78 is 43.7. The minimum absolute atomic E-state index is 0.0517. The molecular formula is C22H21F3N6O. The van der Waals surface area contributed by atoms with Crippen LogP contribution in [0.25, 0.3) is 16.9 Å². The van der Waals surface area contributed by atoms with Gasteiger partial charge in [0, 0.05) is 43.5 Å². The van der Waals surface area contributed by atoms with Crippen molar-refractivity contribution in [2.24, 2.45) is 7.05 Å². The van der Waals surface area contributed by atoms with Gasteiger partial charge in [-0.05, 0) is 19.9 Å². The fourth-order valence-corrected chi connectivity index (χ4v) is 3.59. The van der Waals surface area contributed by atoms with Crippen molar-refractivity contribution in [2.75, 3.05) is 7.05 Å². The van der Waals surface area contributed by atoms with E-state index in [9.17, 15) is 18.0 Å². The second-order valence-corrected chi connectivity index (χ2v) is 7.62. The van der Waals surface area contributed by atoms with Gasteiger partial charge in [-0.25, -0.2) is 9.50 Å². The monoisotopic (exact) mass is 442 g/mol. The molecule has 0 N–H and O–H groups in total. The lowest BCUT2D eigenvalue weighted by atomic mass is 10.1. The molecule has 3 aromatic heterocycles. The lowest BCUT2D eigenvalue weighted by Gasteiger charge is -2.16. The van der Waals surface area contributed by atoms with Crippen LogP contribution in [0.4, 0.5) is 13.2 Å². The van der Waals surface area contributed by atoms with Crippen LogP contribution in [0.2, 0.25) is 0 Å². The van der Waals surface area contributed by atoms with Crippen LogP contribution in [0.15, 0.2) is 42.5 Å². The predicted molar refractivity (Wildman–Crippen MR) is 112 cm³/mol. The normalized spacial score (nSPS) is 11.8. The molecule has 0 aliphatic heterocycles. The Balaban J connectivity index is 1.74. The number of alkyl halides is 3. The minimum atomic E-state index is -4.67. The Labute approximate surface area is 182 Å². The van der Waals surface area contributed by atoms with Gasteiger partial charge in [0.2, 0.25) is 0 Å². The maximum absolute atomic E-state index is 13.8. The molecule has 10 heteroatoms. The third-order valence-corrected chi connectivity index (χ3v) is 5.41. The van der Waals surface area contributed by atoms with Gasteiger partial charge in [-0.15, -0.1) is 0 Å². The number of amides is 1. The van der Waals surface area contributed by atoms with Gasteiger partial charge < -0.3 is 4.90 Å². The quantitative estimate of drug-likeness (QED) is 0.479. The van der Waals surface area contributed by atoms with Crippen LogP contribution in [-0.4, -0.2) is 42.2 Å². The molecule has 0 aliphatic rings. The van der Waals surface area contributed by atoms with Crippen LogP contribution in [0.1, 0.15) is 33.1 Å². The van der Waals surface area contributed by atoms with E-state index in [0.717, 1.165) is 23.0 Å². The number of hydrogen-bond acceptors (Lipinski definition) is 4. The molecule has 0 fully saturated rings. The lowest BCUT2D eigenvalue weighted by Crippen LogP contribution is -2.27. The number of hydrogen-bond donors (Lipinski definition) is 0. The molecule has 0 saturated carbocycles. The molecule has 166 valence electrons. The maximum atomic E-state index is 13.8. The maximum Gasteiger partial charge on any atom is 0.433 e.